The van der Waals surface area contributed by atoms with E-state index in [1.165, 1.54) is 17.9 Å². The number of rotatable bonds is 6. The number of hydrogen-bond acceptors (Lipinski definition) is 8. The molecule has 31 heavy (non-hydrogen) atoms. The molecule has 1 aliphatic heterocycles. The summed E-state index contributed by atoms with van der Waals surface area (Å²) in [7, 11) is 0. The van der Waals surface area contributed by atoms with Gasteiger partial charge in [0.15, 0.2) is 0 Å². The van der Waals surface area contributed by atoms with Crippen molar-refractivity contribution in [3.63, 3.8) is 0 Å². The Bertz CT molecular complexity index is 833. The summed E-state index contributed by atoms with van der Waals surface area (Å²) in [6.45, 7) is 9.55. The van der Waals surface area contributed by atoms with E-state index in [0.717, 1.165) is 0 Å². The van der Waals surface area contributed by atoms with Gasteiger partial charge in [-0.15, -0.1) is 0 Å². The lowest BCUT2D eigenvalue weighted by atomic mass is 9.96. The number of aliphatic hydroxyl groups is 1. The first-order valence-corrected chi connectivity index (χ1v) is 9.96. The fraction of sp³-hybridized carbons (Fsp3) is 0.619. The van der Waals surface area contributed by atoms with E-state index < -0.39 is 46.5 Å². The molecule has 10 heteroatoms. The van der Waals surface area contributed by atoms with Gasteiger partial charge in [-0.05, 0) is 52.3 Å². The highest BCUT2D eigenvalue weighted by Gasteiger charge is 2.52. The van der Waals surface area contributed by atoms with Crippen LogP contribution >= 0.6 is 0 Å². The van der Waals surface area contributed by atoms with Gasteiger partial charge in [-0.25, -0.2) is 4.79 Å². The van der Waals surface area contributed by atoms with E-state index >= 15 is 0 Å². The average Bonchev–Trinajstić information content (AvgIpc) is 2.92. The van der Waals surface area contributed by atoms with Gasteiger partial charge in [-0.3, -0.25) is 19.8 Å². The van der Waals surface area contributed by atoms with Crippen LogP contribution in [0.2, 0.25) is 0 Å². The van der Waals surface area contributed by atoms with E-state index in [1.807, 2.05) is 0 Å². The molecule has 1 amide bonds. The number of ether oxygens (including phenoxy) is 3. The largest absolute Gasteiger partial charge is 0.444 e. The quantitative estimate of drug-likeness (QED) is 0.310. The van der Waals surface area contributed by atoms with Gasteiger partial charge in [0.05, 0.1) is 12.6 Å². The van der Waals surface area contributed by atoms with Crippen LogP contribution in [0, 0.1) is 10.1 Å². The number of nitrogens with zero attached hydrogens (tertiary/aromatic N) is 2. The van der Waals surface area contributed by atoms with Crippen LogP contribution in [0.4, 0.5) is 4.79 Å². The van der Waals surface area contributed by atoms with E-state index in [0.29, 0.717) is 5.56 Å². The predicted octanol–water partition coefficient (Wildman–Crippen LogP) is 2.53. The Hall–Kier alpha value is -2.72. The Balaban J connectivity index is 2.27. The molecule has 1 aromatic rings. The molecule has 1 N–H and O–H groups in total. The zero-order valence-electron chi connectivity index (χ0n) is 18.7. The number of hydrogen-bond donors (Lipinski definition) is 1. The molecular weight excluding hydrogens is 408 g/mol. The molecule has 1 fully saturated rings. The van der Waals surface area contributed by atoms with Crippen LogP contribution in [-0.4, -0.2) is 63.1 Å². The molecule has 1 aliphatic rings. The fourth-order valence-electron chi connectivity index (χ4n) is 3.47. The number of aliphatic hydroxyl groups excluding tert-OH is 1. The maximum absolute atomic E-state index is 12.8. The molecule has 3 unspecified atom stereocenters. The van der Waals surface area contributed by atoms with Gasteiger partial charge in [0.1, 0.15) is 23.2 Å². The molecule has 172 valence electrons. The second kappa shape index (κ2) is 9.19. The van der Waals surface area contributed by atoms with Gasteiger partial charge in [-0.2, -0.15) is 0 Å². The Morgan fingerprint density at radius 2 is 2.03 bits per heavy atom. The first-order valence-electron chi connectivity index (χ1n) is 9.96. The summed E-state index contributed by atoms with van der Waals surface area (Å²) in [5, 5.41) is 22.8. The lowest BCUT2D eigenvalue weighted by molar-refractivity contribution is -0.535. The molecule has 0 bridgehead atoms. The normalized spacial score (nSPS) is 20.1. The maximum Gasteiger partial charge on any atom is 0.412 e. The van der Waals surface area contributed by atoms with Crippen molar-refractivity contribution in [3.05, 3.63) is 39.9 Å². The summed E-state index contributed by atoms with van der Waals surface area (Å²) < 4.78 is 16.1. The predicted molar refractivity (Wildman–Crippen MR) is 110 cm³/mol. The molecule has 1 aromatic carbocycles. The molecule has 0 radical (unpaired) electrons. The number of nitro groups is 1. The molecule has 0 aliphatic carbocycles. The number of amides is 1. The first kappa shape index (κ1) is 24.5. The van der Waals surface area contributed by atoms with Crippen LogP contribution in [0.3, 0.4) is 0 Å². The fourth-order valence-corrected chi connectivity index (χ4v) is 3.47. The van der Waals surface area contributed by atoms with Gasteiger partial charge in [0.25, 0.3) is 0 Å². The monoisotopic (exact) mass is 438 g/mol. The second-order valence-corrected chi connectivity index (χ2v) is 8.96. The van der Waals surface area contributed by atoms with Crippen molar-refractivity contribution in [1.82, 2.24) is 4.90 Å². The summed E-state index contributed by atoms with van der Waals surface area (Å²) in [5.41, 5.74) is -1.39. The summed E-state index contributed by atoms with van der Waals surface area (Å²) in [5.74, 6) is -0.261. The zero-order valence-corrected chi connectivity index (χ0v) is 18.7. The van der Waals surface area contributed by atoms with Crippen molar-refractivity contribution < 1.29 is 33.8 Å². The molecule has 0 spiro atoms. The minimum Gasteiger partial charge on any atom is -0.444 e. The van der Waals surface area contributed by atoms with Crippen LogP contribution in [0.5, 0.6) is 5.75 Å². The van der Waals surface area contributed by atoms with Crippen molar-refractivity contribution in [2.75, 3.05) is 6.61 Å². The topological polar surface area (TPSA) is 128 Å². The molecular formula is C21H30N2O8. The number of carbonyl (C=O) groups excluding carboxylic acids is 2. The van der Waals surface area contributed by atoms with E-state index in [1.54, 1.807) is 52.8 Å². The molecule has 3 atom stereocenters. The minimum absolute atomic E-state index is 0.0781. The van der Waals surface area contributed by atoms with Gasteiger partial charge in [0.2, 0.25) is 6.04 Å². The third-order valence-corrected chi connectivity index (χ3v) is 4.77. The minimum atomic E-state index is -1.53. The van der Waals surface area contributed by atoms with Crippen LogP contribution in [0.15, 0.2) is 24.3 Å². The lowest BCUT2D eigenvalue weighted by Crippen LogP contribution is -2.57. The summed E-state index contributed by atoms with van der Waals surface area (Å²) in [6.07, 6.45) is -2.39. The van der Waals surface area contributed by atoms with Crippen molar-refractivity contribution >= 4 is 12.1 Å². The van der Waals surface area contributed by atoms with Gasteiger partial charge >= 0.3 is 12.1 Å². The van der Waals surface area contributed by atoms with Gasteiger partial charge in [0, 0.05) is 18.3 Å². The Kier molecular flexibility index (Phi) is 7.28. The summed E-state index contributed by atoms with van der Waals surface area (Å²) in [6, 6.07) is 3.89. The smallest absolute Gasteiger partial charge is 0.412 e. The number of carbonyl (C=O) groups is 2. The van der Waals surface area contributed by atoms with Crippen molar-refractivity contribution in [2.45, 2.75) is 77.5 Å². The van der Waals surface area contributed by atoms with Crippen molar-refractivity contribution in [1.29, 1.82) is 0 Å². The van der Waals surface area contributed by atoms with Gasteiger partial charge < -0.3 is 19.3 Å². The van der Waals surface area contributed by atoms with Crippen LogP contribution in [0.1, 0.15) is 47.1 Å². The molecule has 1 heterocycles. The van der Waals surface area contributed by atoms with Crippen molar-refractivity contribution in [3.8, 4) is 5.75 Å². The highest BCUT2D eigenvalue weighted by molar-refractivity contribution is 5.70. The lowest BCUT2D eigenvalue weighted by Gasteiger charge is -2.36. The average molecular weight is 438 g/mol. The highest BCUT2D eigenvalue weighted by atomic mass is 16.6. The zero-order chi connectivity index (χ0) is 23.6. The first-order chi connectivity index (χ1) is 14.2. The Morgan fingerprint density at radius 3 is 2.58 bits per heavy atom. The molecule has 10 nitrogen and oxygen atoms in total. The third kappa shape index (κ3) is 6.38. The molecule has 1 saturated heterocycles. The SMILES string of the molecule is CC(=O)Oc1cccc(CC(C(O)C2COC(C)(C)N2C(=O)OC(C)(C)C)[N+](=O)[O-])c1. The van der Waals surface area contributed by atoms with Crippen LogP contribution in [0.25, 0.3) is 0 Å². The van der Waals surface area contributed by atoms with E-state index in [2.05, 4.69) is 0 Å². The molecule has 0 saturated carbocycles. The molecule has 0 aromatic heterocycles. The van der Waals surface area contributed by atoms with Gasteiger partial charge in [-0.1, -0.05) is 12.1 Å². The maximum atomic E-state index is 12.8. The van der Waals surface area contributed by atoms with Crippen molar-refractivity contribution in [2.24, 2.45) is 0 Å². The second-order valence-electron chi connectivity index (χ2n) is 8.96. The Labute approximate surface area is 181 Å². The number of esters is 1. The van der Waals surface area contributed by atoms with E-state index in [-0.39, 0.29) is 18.8 Å². The Morgan fingerprint density at radius 1 is 1.39 bits per heavy atom. The highest BCUT2D eigenvalue weighted by Crippen LogP contribution is 2.32. The molecule has 2 rings (SSSR count). The van der Waals surface area contributed by atoms with E-state index in [9.17, 15) is 24.8 Å². The third-order valence-electron chi connectivity index (χ3n) is 4.77. The summed E-state index contributed by atoms with van der Waals surface area (Å²) >= 11 is 0. The summed E-state index contributed by atoms with van der Waals surface area (Å²) in [4.78, 5) is 36.4. The van der Waals surface area contributed by atoms with E-state index in [4.69, 9.17) is 14.2 Å². The number of benzene rings is 1. The van der Waals surface area contributed by atoms with Crippen LogP contribution in [-0.2, 0) is 20.7 Å². The van der Waals surface area contributed by atoms with Crippen LogP contribution < -0.4 is 4.74 Å². The standard InChI is InChI=1S/C21H30N2O8/c1-13(24)30-15-9-7-8-14(10-15)11-16(23(27)28)18(25)17-12-29-21(5,6)22(17)19(26)31-20(2,3)4/h7-10,16-18,25H,11-12H2,1-6H3.